The molecule has 0 fully saturated rings. The van der Waals surface area contributed by atoms with Crippen LogP contribution >= 0.6 is 11.6 Å². The molecule has 0 aliphatic heterocycles. The smallest absolute Gasteiger partial charge is 0.157 e. The molecule has 2 aromatic carbocycles. The summed E-state index contributed by atoms with van der Waals surface area (Å²) in [5, 5.41) is 0.750. The van der Waals surface area contributed by atoms with E-state index < -0.39 is 11.1 Å². The van der Waals surface area contributed by atoms with Crippen molar-refractivity contribution < 1.29 is 8.76 Å². The Balaban J connectivity index is 1.99. The highest BCUT2D eigenvalue weighted by Gasteiger charge is 2.31. The second kappa shape index (κ2) is 6.83. The van der Waals surface area contributed by atoms with E-state index in [-0.39, 0.29) is 11.2 Å². The number of hydrogen-bond acceptors (Lipinski definition) is 1. The van der Waals surface area contributed by atoms with Crippen molar-refractivity contribution in [1.29, 1.82) is 0 Å². The monoisotopic (exact) mass is 360 g/mol. The molecular formula is C20H21ClO2S. The lowest BCUT2D eigenvalue weighted by atomic mass is 9.87. The molecule has 0 aromatic heterocycles. The largest absolute Gasteiger partial charge is 0.306 e. The Labute approximate surface area is 150 Å². The number of halogens is 1. The Bertz CT molecular complexity index is 789. The van der Waals surface area contributed by atoms with Crippen LogP contribution in [0.25, 0.3) is 11.1 Å². The first-order valence-electron chi connectivity index (χ1n) is 7.99. The SMILES string of the molecule is CC1(C)CC(c2ccc(Cl)cc2)=C(c2ccc(CS(=O)O)cc2)C1. The summed E-state index contributed by atoms with van der Waals surface area (Å²) in [7, 11) is 0. The lowest BCUT2D eigenvalue weighted by molar-refractivity contribution is 0.406. The molecule has 0 heterocycles. The fourth-order valence-corrected chi connectivity index (χ4v) is 3.98. The van der Waals surface area contributed by atoms with E-state index in [0.29, 0.717) is 0 Å². The molecule has 4 heteroatoms. The summed E-state index contributed by atoms with van der Waals surface area (Å²) < 4.78 is 20.0. The van der Waals surface area contributed by atoms with Gasteiger partial charge in [-0.15, -0.1) is 0 Å². The Kier molecular flexibility index (Phi) is 4.95. The molecule has 1 aliphatic rings. The molecule has 0 spiro atoms. The van der Waals surface area contributed by atoms with Crippen molar-refractivity contribution in [2.45, 2.75) is 32.4 Å². The van der Waals surface area contributed by atoms with Crippen LogP contribution in [0, 0.1) is 5.41 Å². The Morgan fingerprint density at radius 1 is 0.958 bits per heavy atom. The zero-order valence-corrected chi connectivity index (χ0v) is 15.5. The van der Waals surface area contributed by atoms with Gasteiger partial charge >= 0.3 is 0 Å². The first-order valence-corrected chi connectivity index (χ1v) is 9.64. The summed E-state index contributed by atoms with van der Waals surface area (Å²) >= 11 is 4.22. The second-order valence-electron chi connectivity index (χ2n) is 7.14. The van der Waals surface area contributed by atoms with Crippen molar-refractivity contribution in [2.75, 3.05) is 0 Å². The van der Waals surface area contributed by atoms with E-state index >= 15 is 0 Å². The van der Waals surface area contributed by atoms with E-state index in [2.05, 4.69) is 38.1 Å². The maximum Gasteiger partial charge on any atom is 0.157 e. The normalized spacial score (nSPS) is 18.0. The van der Waals surface area contributed by atoms with E-state index in [1.807, 2.05) is 24.3 Å². The first-order chi connectivity index (χ1) is 11.3. The van der Waals surface area contributed by atoms with Crippen LogP contribution in [0.1, 0.15) is 43.4 Å². The van der Waals surface area contributed by atoms with Crippen molar-refractivity contribution in [3.8, 4) is 0 Å². The van der Waals surface area contributed by atoms with Gasteiger partial charge in [-0.1, -0.05) is 61.8 Å². The fraction of sp³-hybridized carbons (Fsp3) is 0.300. The first kappa shape index (κ1) is 17.4. The summed E-state index contributed by atoms with van der Waals surface area (Å²) in [5.41, 5.74) is 6.26. The van der Waals surface area contributed by atoms with E-state index in [1.165, 1.54) is 22.3 Å². The van der Waals surface area contributed by atoms with E-state index in [4.69, 9.17) is 16.2 Å². The standard InChI is InChI=1S/C20H21ClO2S/c1-20(2)11-18(15-5-3-14(4-6-15)13-24(22)23)19(12-20)16-7-9-17(21)10-8-16/h3-10H,11-13H2,1-2H3,(H,22,23). The molecule has 3 rings (SSSR count). The van der Waals surface area contributed by atoms with E-state index in [9.17, 15) is 4.21 Å². The van der Waals surface area contributed by atoms with Crippen LogP contribution in [0.3, 0.4) is 0 Å². The van der Waals surface area contributed by atoms with Crippen molar-refractivity contribution in [1.82, 2.24) is 0 Å². The predicted octanol–water partition coefficient (Wildman–Crippen LogP) is 5.79. The van der Waals surface area contributed by atoms with Crippen LogP contribution in [0.4, 0.5) is 0 Å². The summed E-state index contributed by atoms with van der Waals surface area (Å²) in [6.45, 7) is 4.58. The maximum atomic E-state index is 11.0. The zero-order chi connectivity index (χ0) is 17.3. The van der Waals surface area contributed by atoms with Crippen molar-refractivity contribution in [3.63, 3.8) is 0 Å². The number of hydrogen-bond donors (Lipinski definition) is 1. The van der Waals surface area contributed by atoms with Gasteiger partial charge in [-0.3, -0.25) is 0 Å². The minimum Gasteiger partial charge on any atom is -0.306 e. The summed E-state index contributed by atoms with van der Waals surface area (Å²) in [6, 6.07) is 16.1. The van der Waals surface area contributed by atoms with Gasteiger partial charge in [0, 0.05) is 5.02 Å². The summed E-state index contributed by atoms with van der Waals surface area (Å²) in [6.07, 6.45) is 2.06. The van der Waals surface area contributed by atoms with Gasteiger partial charge in [0.15, 0.2) is 11.1 Å². The molecule has 126 valence electrons. The maximum absolute atomic E-state index is 11.0. The third kappa shape index (κ3) is 3.97. The van der Waals surface area contributed by atoms with Gasteiger partial charge < -0.3 is 4.55 Å². The molecule has 0 saturated carbocycles. The highest BCUT2D eigenvalue weighted by atomic mass is 35.5. The van der Waals surface area contributed by atoms with E-state index in [1.54, 1.807) is 0 Å². The molecule has 0 saturated heterocycles. The van der Waals surface area contributed by atoms with Gasteiger partial charge in [0.05, 0.1) is 5.75 Å². The van der Waals surface area contributed by atoms with Crippen LogP contribution in [0.5, 0.6) is 0 Å². The average Bonchev–Trinajstić information content (AvgIpc) is 2.84. The van der Waals surface area contributed by atoms with Crippen LogP contribution < -0.4 is 0 Å². The molecule has 1 N–H and O–H groups in total. The fourth-order valence-electron chi connectivity index (χ4n) is 3.38. The van der Waals surface area contributed by atoms with Gasteiger partial charge in [0.2, 0.25) is 0 Å². The van der Waals surface area contributed by atoms with Gasteiger partial charge in [-0.2, -0.15) is 0 Å². The molecule has 1 unspecified atom stereocenters. The van der Waals surface area contributed by atoms with Gasteiger partial charge in [-0.25, -0.2) is 4.21 Å². The zero-order valence-electron chi connectivity index (χ0n) is 13.9. The third-order valence-electron chi connectivity index (χ3n) is 4.46. The molecule has 1 atom stereocenters. The Morgan fingerprint density at radius 3 is 1.88 bits per heavy atom. The molecule has 2 aromatic rings. The number of benzene rings is 2. The van der Waals surface area contributed by atoms with Gasteiger partial charge in [0.25, 0.3) is 0 Å². The molecule has 0 amide bonds. The summed E-state index contributed by atoms with van der Waals surface area (Å²) in [5.74, 6) is 0.175. The average molecular weight is 361 g/mol. The van der Waals surface area contributed by atoms with Crippen LogP contribution in [-0.4, -0.2) is 8.76 Å². The van der Waals surface area contributed by atoms with Crippen molar-refractivity contribution in [2.24, 2.45) is 5.41 Å². The minimum absolute atomic E-state index is 0.175. The lowest BCUT2D eigenvalue weighted by Gasteiger charge is -2.17. The predicted molar refractivity (Wildman–Crippen MR) is 102 cm³/mol. The Morgan fingerprint density at radius 2 is 1.42 bits per heavy atom. The second-order valence-corrected chi connectivity index (χ2v) is 8.51. The highest BCUT2D eigenvalue weighted by molar-refractivity contribution is 7.78. The number of rotatable bonds is 4. The number of allylic oxidation sites excluding steroid dienone is 2. The van der Waals surface area contributed by atoms with E-state index in [0.717, 1.165) is 23.4 Å². The molecule has 1 aliphatic carbocycles. The molecule has 0 bridgehead atoms. The quantitative estimate of drug-likeness (QED) is 0.700. The molecule has 2 nitrogen and oxygen atoms in total. The van der Waals surface area contributed by atoms with Gasteiger partial charge in [-0.05, 0) is 58.2 Å². The van der Waals surface area contributed by atoms with Crippen LogP contribution in [0.2, 0.25) is 5.02 Å². The molecule has 24 heavy (non-hydrogen) atoms. The minimum atomic E-state index is -1.80. The Hall–Kier alpha value is -1.42. The van der Waals surface area contributed by atoms with Crippen LogP contribution in [-0.2, 0) is 16.8 Å². The third-order valence-corrected chi connectivity index (χ3v) is 5.29. The molecule has 0 radical (unpaired) electrons. The summed E-state index contributed by atoms with van der Waals surface area (Å²) in [4.78, 5) is 0. The van der Waals surface area contributed by atoms with Crippen molar-refractivity contribution in [3.05, 3.63) is 70.2 Å². The molecular weight excluding hydrogens is 340 g/mol. The lowest BCUT2D eigenvalue weighted by Crippen LogP contribution is -2.05. The highest BCUT2D eigenvalue weighted by Crippen LogP contribution is 2.49. The topological polar surface area (TPSA) is 37.3 Å². The van der Waals surface area contributed by atoms with Crippen LogP contribution in [0.15, 0.2) is 48.5 Å². The van der Waals surface area contributed by atoms with Crippen molar-refractivity contribution >= 4 is 33.8 Å². The van der Waals surface area contributed by atoms with Gasteiger partial charge in [0.1, 0.15) is 0 Å².